The van der Waals surface area contributed by atoms with Crippen molar-refractivity contribution in [2.75, 3.05) is 38.5 Å². The van der Waals surface area contributed by atoms with Gasteiger partial charge in [0.05, 0.1) is 16.5 Å². The van der Waals surface area contributed by atoms with Crippen LogP contribution in [0.3, 0.4) is 0 Å². The standard InChI is InChI=1S/C30H34N6O3S2/c1-35-15-17-36(18-16-35)41(38,39)24-10-8-22(9-11-24)25(19-21-5-2-3-6-21)28(37)34-30-33-27-13-12-26(32-29(27)40-30)23-7-4-14-31-20-23/h4,7-14,20-21,25H,2-3,5-6,15-19H2,1H3,(H,33,34,37). The molecule has 3 aromatic heterocycles. The molecule has 41 heavy (non-hydrogen) atoms. The predicted molar refractivity (Wildman–Crippen MR) is 161 cm³/mol. The molecular weight excluding hydrogens is 557 g/mol. The van der Waals surface area contributed by atoms with E-state index in [-0.39, 0.29) is 10.8 Å². The Bertz CT molecular complexity index is 1610. The van der Waals surface area contributed by atoms with Gasteiger partial charge >= 0.3 is 0 Å². The third-order valence-corrected chi connectivity index (χ3v) is 11.0. The smallest absolute Gasteiger partial charge is 0.243 e. The van der Waals surface area contributed by atoms with Crippen LogP contribution in [0, 0.1) is 5.92 Å². The molecule has 1 aliphatic heterocycles. The van der Waals surface area contributed by atoms with Gasteiger partial charge in [-0.25, -0.2) is 18.4 Å². The van der Waals surface area contributed by atoms with Gasteiger partial charge in [-0.15, -0.1) is 0 Å². The molecule has 6 rings (SSSR count). The molecule has 1 atom stereocenters. The summed E-state index contributed by atoms with van der Waals surface area (Å²) in [6.07, 6.45) is 8.82. The Morgan fingerprint density at radius 3 is 2.49 bits per heavy atom. The summed E-state index contributed by atoms with van der Waals surface area (Å²) in [6, 6.07) is 14.6. The van der Waals surface area contributed by atoms with Gasteiger partial charge in [0.1, 0.15) is 10.3 Å². The fourth-order valence-corrected chi connectivity index (χ4v) is 8.02. The molecular formula is C30H34N6O3S2. The first-order valence-electron chi connectivity index (χ1n) is 14.1. The number of benzene rings is 1. The van der Waals surface area contributed by atoms with Crippen LogP contribution in [0.15, 0.2) is 65.8 Å². The molecule has 1 N–H and O–H groups in total. The molecule has 2 aliphatic rings. The molecule has 1 unspecified atom stereocenters. The summed E-state index contributed by atoms with van der Waals surface area (Å²) in [7, 11) is -1.57. The normalized spacial score (nSPS) is 18.1. The van der Waals surface area contributed by atoms with Crippen LogP contribution in [0.5, 0.6) is 0 Å². The Hall–Kier alpha value is -3.25. The van der Waals surface area contributed by atoms with Gasteiger partial charge in [-0.1, -0.05) is 49.2 Å². The average Bonchev–Trinajstić information content (AvgIpc) is 3.65. The highest BCUT2D eigenvalue weighted by Gasteiger charge is 2.30. The Morgan fingerprint density at radius 2 is 1.78 bits per heavy atom. The zero-order valence-electron chi connectivity index (χ0n) is 23.1. The maximum Gasteiger partial charge on any atom is 0.243 e. The van der Waals surface area contributed by atoms with Crippen molar-refractivity contribution in [3.63, 3.8) is 0 Å². The van der Waals surface area contributed by atoms with E-state index in [2.05, 4.69) is 20.2 Å². The second kappa shape index (κ2) is 11.9. The number of fused-ring (bicyclic) bond motifs is 1. The number of rotatable bonds is 8. The van der Waals surface area contributed by atoms with Gasteiger partial charge in [-0.2, -0.15) is 4.31 Å². The summed E-state index contributed by atoms with van der Waals surface area (Å²) in [6.45, 7) is 2.39. The quantitative estimate of drug-likeness (QED) is 0.308. The van der Waals surface area contributed by atoms with Gasteiger partial charge in [-0.05, 0) is 61.3 Å². The summed E-state index contributed by atoms with van der Waals surface area (Å²) in [5.74, 6) is -0.0545. The lowest BCUT2D eigenvalue weighted by Crippen LogP contribution is -2.47. The number of amides is 1. The molecule has 1 aromatic carbocycles. The highest BCUT2D eigenvalue weighted by molar-refractivity contribution is 7.89. The first kappa shape index (κ1) is 27.9. The number of piperazine rings is 1. The highest BCUT2D eigenvalue weighted by Crippen LogP contribution is 2.36. The van der Waals surface area contributed by atoms with Crippen LogP contribution in [0.25, 0.3) is 21.6 Å². The van der Waals surface area contributed by atoms with E-state index in [0.29, 0.717) is 37.2 Å². The fourth-order valence-electron chi connectivity index (χ4n) is 5.76. The number of likely N-dealkylation sites (N-methyl/N-ethyl adjacent to an activating group) is 1. The lowest BCUT2D eigenvalue weighted by Gasteiger charge is -2.31. The zero-order valence-corrected chi connectivity index (χ0v) is 24.7. The molecule has 214 valence electrons. The van der Waals surface area contributed by atoms with Crippen molar-refractivity contribution in [3.05, 3.63) is 66.5 Å². The van der Waals surface area contributed by atoms with Crippen molar-refractivity contribution in [2.45, 2.75) is 42.9 Å². The molecule has 1 saturated heterocycles. The van der Waals surface area contributed by atoms with Crippen molar-refractivity contribution in [2.24, 2.45) is 5.92 Å². The van der Waals surface area contributed by atoms with E-state index in [1.807, 2.05) is 43.4 Å². The summed E-state index contributed by atoms with van der Waals surface area (Å²) >= 11 is 1.35. The van der Waals surface area contributed by atoms with Crippen LogP contribution < -0.4 is 5.32 Å². The summed E-state index contributed by atoms with van der Waals surface area (Å²) in [4.78, 5) is 30.4. The average molecular weight is 591 g/mol. The number of pyridine rings is 2. The minimum atomic E-state index is -3.57. The molecule has 1 amide bonds. The Balaban J connectivity index is 1.22. The fraction of sp³-hybridized carbons (Fsp3) is 0.400. The van der Waals surface area contributed by atoms with Crippen molar-refractivity contribution >= 4 is 42.7 Å². The second-order valence-corrected chi connectivity index (χ2v) is 13.9. The number of hydrogen-bond donors (Lipinski definition) is 1. The monoisotopic (exact) mass is 590 g/mol. The third kappa shape index (κ3) is 6.18. The van der Waals surface area contributed by atoms with Gasteiger partial charge in [-0.3, -0.25) is 9.78 Å². The number of anilines is 1. The lowest BCUT2D eigenvalue weighted by atomic mass is 9.87. The Kier molecular flexibility index (Phi) is 8.12. The van der Waals surface area contributed by atoms with Crippen LogP contribution in [0.2, 0.25) is 0 Å². The number of thiazole rings is 1. The van der Waals surface area contributed by atoms with Gasteiger partial charge in [0.15, 0.2) is 5.13 Å². The predicted octanol–water partition coefficient (Wildman–Crippen LogP) is 4.99. The van der Waals surface area contributed by atoms with Gasteiger partial charge in [0.2, 0.25) is 15.9 Å². The molecule has 1 aliphatic carbocycles. The van der Waals surface area contributed by atoms with Crippen molar-refractivity contribution in [1.29, 1.82) is 0 Å². The SMILES string of the molecule is CN1CCN(S(=O)(=O)c2ccc(C(CC3CCCC3)C(=O)Nc3nc4ccc(-c5cccnc5)nc4s3)cc2)CC1. The zero-order chi connectivity index (χ0) is 28.4. The van der Waals surface area contributed by atoms with Gasteiger partial charge < -0.3 is 10.2 Å². The first-order chi connectivity index (χ1) is 19.9. The van der Waals surface area contributed by atoms with E-state index in [1.54, 1.807) is 28.8 Å². The maximum absolute atomic E-state index is 13.7. The van der Waals surface area contributed by atoms with E-state index in [4.69, 9.17) is 4.98 Å². The van der Waals surface area contributed by atoms with Gasteiger partial charge in [0.25, 0.3) is 0 Å². The Morgan fingerprint density at radius 1 is 1.02 bits per heavy atom. The molecule has 1 saturated carbocycles. The molecule has 0 radical (unpaired) electrons. The van der Waals surface area contributed by atoms with E-state index in [9.17, 15) is 13.2 Å². The first-order valence-corrected chi connectivity index (χ1v) is 16.4. The number of aromatic nitrogens is 3. The summed E-state index contributed by atoms with van der Waals surface area (Å²) in [5, 5.41) is 3.55. The number of hydrogen-bond acceptors (Lipinski definition) is 8. The number of carbonyl (C=O) groups is 1. The largest absolute Gasteiger partial charge is 0.304 e. The Labute approximate surface area is 244 Å². The number of nitrogens with zero attached hydrogens (tertiary/aromatic N) is 5. The van der Waals surface area contributed by atoms with E-state index in [1.165, 1.54) is 24.2 Å². The van der Waals surface area contributed by atoms with Gasteiger partial charge in [0, 0.05) is 44.1 Å². The molecule has 4 aromatic rings. The molecule has 0 bridgehead atoms. The molecule has 4 heterocycles. The van der Waals surface area contributed by atoms with Crippen LogP contribution >= 0.6 is 11.3 Å². The summed E-state index contributed by atoms with van der Waals surface area (Å²) in [5.41, 5.74) is 3.27. The minimum Gasteiger partial charge on any atom is -0.304 e. The molecule has 0 spiro atoms. The van der Waals surface area contributed by atoms with Crippen molar-refractivity contribution in [3.8, 4) is 11.3 Å². The van der Waals surface area contributed by atoms with Crippen LogP contribution in [0.4, 0.5) is 5.13 Å². The van der Waals surface area contributed by atoms with Crippen molar-refractivity contribution < 1.29 is 13.2 Å². The summed E-state index contributed by atoms with van der Waals surface area (Å²) < 4.78 is 28.0. The molecule has 9 nitrogen and oxygen atoms in total. The second-order valence-electron chi connectivity index (χ2n) is 11.0. The van der Waals surface area contributed by atoms with E-state index in [0.717, 1.165) is 46.4 Å². The van der Waals surface area contributed by atoms with Crippen molar-refractivity contribution in [1.82, 2.24) is 24.2 Å². The maximum atomic E-state index is 13.7. The molecule has 2 fully saturated rings. The van der Waals surface area contributed by atoms with Crippen LogP contribution in [0.1, 0.15) is 43.6 Å². The van der Waals surface area contributed by atoms with Crippen LogP contribution in [-0.4, -0.2) is 71.7 Å². The molecule has 11 heteroatoms. The van der Waals surface area contributed by atoms with E-state index < -0.39 is 15.9 Å². The van der Waals surface area contributed by atoms with E-state index >= 15 is 0 Å². The number of sulfonamides is 1. The number of carbonyl (C=O) groups excluding carboxylic acids is 1. The van der Waals surface area contributed by atoms with Crippen LogP contribution in [-0.2, 0) is 14.8 Å². The number of nitrogens with one attached hydrogen (secondary N) is 1. The topological polar surface area (TPSA) is 108 Å². The minimum absolute atomic E-state index is 0.127. The third-order valence-electron chi connectivity index (χ3n) is 8.19. The lowest BCUT2D eigenvalue weighted by molar-refractivity contribution is -0.118. The highest BCUT2D eigenvalue weighted by atomic mass is 32.2.